The van der Waals surface area contributed by atoms with E-state index in [-0.39, 0.29) is 5.91 Å². The molecule has 1 amide bonds. The van der Waals surface area contributed by atoms with Crippen LogP contribution < -0.4 is 0 Å². The van der Waals surface area contributed by atoms with Gasteiger partial charge in [-0.05, 0) is 55.3 Å². The number of likely N-dealkylation sites (tertiary alicyclic amines) is 1. The first-order valence-corrected chi connectivity index (χ1v) is 10.6. The number of amides is 1. The van der Waals surface area contributed by atoms with Gasteiger partial charge in [0.05, 0.1) is 22.9 Å². The zero-order valence-corrected chi connectivity index (χ0v) is 17.1. The standard InChI is InChI=1S/C26H22N4O/c27-17-20-5-1-2-6-22(20)26(31)30-13-10-18(11-14-30)25-16-21-15-19(8-9-24(21)29-25)23-7-3-4-12-28-23/h1-9,12,15-16,18,29H,10-11,13-14H2. The molecular weight excluding hydrogens is 384 g/mol. The van der Waals surface area contributed by atoms with Gasteiger partial charge in [-0.2, -0.15) is 5.26 Å². The fourth-order valence-electron chi connectivity index (χ4n) is 4.40. The van der Waals surface area contributed by atoms with Crippen LogP contribution >= 0.6 is 0 Å². The Morgan fingerprint density at radius 1 is 1.03 bits per heavy atom. The summed E-state index contributed by atoms with van der Waals surface area (Å²) in [7, 11) is 0. The van der Waals surface area contributed by atoms with Gasteiger partial charge in [0.25, 0.3) is 5.91 Å². The van der Waals surface area contributed by atoms with Crippen LogP contribution in [0.1, 0.15) is 40.4 Å². The number of rotatable bonds is 3. The second kappa shape index (κ2) is 8.08. The van der Waals surface area contributed by atoms with Crippen molar-refractivity contribution in [1.82, 2.24) is 14.9 Å². The van der Waals surface area contributed by atoms with Gasteiger partial charge >= 0.3 is 0 Å². The smallest absolute Gasteiger partial charge is 0.255 e. The third kappa shape index (κ3) is 3.69. The third-order valence-corrected chi connectivity index (χ3v) is 6.10. The van der Waals surface area contributed by atoms with Crippen molar-refractivity contribution in [2.75, 3.05) is 13.1 Å². The molecule has 0 spiro atoms. The lowest BCUT2D eigenvalue weighted by atomic mass is 9.93. The number of H-pyrrole nitrogens is 1. The second-order valence-electron chi connectivity index (χ2n) is 7.97. The molecule has 0 radical (unpaired) electrons. The summed E-state index contributed by atoms with van der Waals surface area (Å²) >= 11 is 0. The molecular formula is C26H22N4O. The minimum Gasteiger partial charge on any atom is -0.358 e. The topological polar surface area (TPSA) is 72.8 Å². The summed E-state index contributed by atoms with van der Waals surface area (Å²) < 4.78 is 0. The van der Waals surface area contributed by atoms with Gasteiger partial charge in [0.1, 0.15) is 0 Å². The van der Waals surface area contributed by atoms with Crippen molar-refractivity contribution in [2.24, 2.45) is 0 Å². The molecule has 31 heavy (non-hydrogen) atoms. The molecule has 2 aromatic heterocycles. The largest absolute Gasteiger partial charge is 0.358 e. The molecule has 3 heterocycles. The van der Waals surface area contributed by atoms with Gasteiger partial charge in [0.15, 0.2) is 0 Å². The van der Waals surface area contributed by atoms with Crippen LogP contribution in [0, 0.1) is 11.3 Å². The highest BCUT2D eigenvalue weighted by Crippen LogP contribution is 2.32. The summed E-state index contributed by atoms with van der Waals surface area (Å²) in [6, 6.07) is 23.7. The maximum absolute atomic E-state index is 12.9. The quantitative estimate of drug-likeness (QED) is 0.513. The minimum atomic E-state index is -0.0488. The van der Waals surface area contributed by atoms with Crippen molar-refractivity contribution in [1.29, 1.82) is 5.26 Å². The Morgan fingerprint density at radius 2 is 1.84 bits per heavy atom. The third-order valence-electron chi connectivity index (χ3n) is 6.10. The molecule has 5 nitrogen and oxygen atoms in total. The lowest BCUT2D eigenvalue weighted by Gasteiger charge is -2.32. The number of nitriles is 1. The lowest BCUT2D eigenvalue weighted by molar-refractivity contribution is 0.0712. The van der Waals surface area contributed by atoms with Gasteiger partial charge < -0.3 is 9.88 Å². The van der Waals surface area contributed by atoms with E-state index in [0.717, 1.165) is 29.6 Å². The molecule has 1 fully saturated rings. The Balaban J connectivity index is 1.31. The van der Waals surface area contributed by atoms with Crippen LogP contribution in [-0.4, -0.2) is 33.9 Å². The average Bonchev–Trinajstić information content (AvgIpc) is 3.28. The van der Waals surface area contributed by atoms with Crippen LogP contribution in [0.2, 0.25) is 0 Å². The molecule has 152 valence electrons. The van der Waals surface area contributed by atoms with E-state index in [9.17, 15) is 10.1 Å². The van der Waals surface area contributed by atoms with E-state index in [2.05, 4.69) is 40.3 Å². The molecule has 0 bridgehead atoms. The molecule has 1 aliphatic rings. The van der Waals surface area contributed by atoms with Gasteiger partial charge in [0.2, 0.25) is 0 Å². The molecule has 5 rings (SSSR count). The molecule has 5 heteroatoms. The maximum Gasteiger partial charge on any atom is 0.255 e. The molecule has 0 aliphatic carbocycles. The molecule has 2 aromatic carbocycles. The predicted octanol–water partition coefficient (Wildman–Crippen LogP) is 5.12. The first-order valence-electron chi connectivity index (χ1n) is 10.6. The van der Waals surface area contributed by atoms with Gasteiger partial charge in [0, 0.05) is 47.4 Å². The van der Waals surface area contributed by atoms with Crippen LogP contribution in [0.25, 0.3) is 22.2 Å². The van der Waals surface area contributed by atoms with Crippen molar-refractivity contribution in [3.63, 3.8) is 0 Å². The van der Waals surface area contributed by atoms with E-state index in [1.54, 1.807) is 18.2 Å². The van der Waals surface area contributed by atoms with Crippen molar-refractivity contribution in [3.05, 3.63) is 89.7 Å². The Kier molecular flexibility index (Phi) is 4.97. The van der Waals surface area contributed by atoms with Crippen LogP contribution in [-0.2, 0) is 0 Å². The normalized spacial score (nSPS) is 14.5. The van der Waals surface area contributed by atoms with Gasteiger partial charge in [-0.25, -0.2) is 0 Å². The summed E-state index contributed by atoms with van der Waals surface area (Å²) in [5, 5.41) is 10.5. The summed E-state index contributed by atoms with van der Waals surface area (Å²) in [4.78, 5) is 22.8. The van der Waals surface area contributed by atoms with E-state index in [4.69, 9.17) is 0 Å². The monoisotopic (exact) mass is 406 g/mol. The number of carbonyl (C=O) groups is 1. The number of nitrogens with one attached hydrogen (secondary N) is 1. The number of aromatic nitrogens is 2. The molecule has 0 atom stereocenters. The number of fused-ring (bicyclic) bond motifs is 1. The zero-order chi connectivity index (χ0) is 21.2. The molecule has 1 saturated heterocycles. The van der Waals surface area contributed by atoms with Crippen molar-refractivity contribution < 1.29 is 4.79 Å². The number of aromatic amines is 1. The zero-order valence-electron chi connectivity index (χ0n) is 17.1. The highest BCUT2D eigenvalue weighted by Gasteiger charge is 2.26. The molecule has 1 aliphatic heterocycles. The number of hydrogen-bond acceptors (Lipinski definition) is 3. The van der Waals surface area contributed by atoms with E-state index in [1.165, 1.54) is 11.1 Å². The number of hydrogen-bond donors (Lipinski definition) is 1. The van der Waals surface area contributed by atoms with Crippen LogP contribution in [0.5, 0.6) is 0 Å². The molecule has 4 aromatic rings. The number of pyridine rings is 1. The number of benzene rings is 2. The minimum absolute atomic E-state index is 0.0488. The average molecular weight is 406 g/mol. The highest BCUT2D eigenvalue weighted by atomic mass is 16.2. The predicted molar refractivity (Wildman–Crippen MR) is 121 cm³/mol. The Morgan fingerprint density at radius 3 is 2.61 bits per heavy atom. The summed E-state index contributed by atoms with van der Waals surface area (Å²) in [5.41, 5.74) is 5.35. The Bertz CT molecular complexity index is 1280. The van der Waals surface area contributed by atoms with E-state index in [0.29, 0.717) is 30.1 Å². The Labute approximate surface area is 181 Å². The van der Waals surface area contributed by atoms with Crippen LogP contribution in [0.4, 0.5) is 0 Å². The lowest BCUT2D eigenvalue weighted by Crippen LogP contribution is -2.38. The first kappa shape index (κ1) is 19.1. The van der Waals surface area contributed by atoms with Crippen molar-refractivity contribution in [3.8, 4) is 17.3 Å². The first-order chi connectivity index (χ1) is 15.2. The van der Waals surface area contributed by atoms with E-state index in [1.807, 2.05) is 35.4 Å². The summed E-state index contributed by atoms with van der Waals surface area (Å²) in [6.07, 6.45) is 3.62. The van der Waals surface area contributed by atoms with Crippen molar-refractivity contribution >= 4 is 16.8 Å². The van der Waals surface area contributed by atoms with Gasteiger partial charge in [-0.1, -0.05) is 24.3 Å². The summed E-state index contributed by atoms with van der Waals surface area (Å²) in [6.45, 7) is 1.38. The number of nitrogens with zero attached hydrogens (tertiary/aromatic N) is 3. The van der Waals surface area contributed by atoms with Crippen LogP contribution in [0.3, 0.4) is 0 Å². The highest BCUT2D eigenvalue weighted by molar-refractivity contribution is 5.96. The SMILES string of the molecule is N#Cc1ccccc1C(=O)N1CCC(c2cc3cc(-c4ccccn4)ccc3[nH]2)CC1. The van der Waals surface area contributed by atoms with Crippen molar-refractivity contribution in [2.45, 2.75) is 18.8 Å². The van der Waals surface area contributed by atoms with E-state index >= 15 is 0 Å². The fourth-order valence-corrected chi connectivity index (χ4v) is 4.40. The van der Waals surface area contributed by atoms with E-state index < -0.39 is 0 Å². The molecule has 0 saturated carbocycles. The fraction of sp³-hybridized carbons (Fsp3) is 0.192. The second-order valence-corrected chi connectivity index (χ2v) is 7.97. The summed E-state index contributed by atoms with van der Waals surface area (Å²) in [5.74, 6) is 0.341. The Hall–Kier alpha value is -3.91. The number of carbonyl (C=O) groups excluding carboxylic acids is 1. The molecule has 1 N–H and O–H groups in total. The van der Waals surface area contributed by atoms with Gasteiger partial charge in [-0.15, -0.1) is 0 Å². The van der Waals surface area contributed by atoms with Crippen LogP contribution in [0.15, 0.2) is 72.9 Å². The van der Waals surface area contributed by atoms with Gasteiger partial charge in [-0.3, -0.25) is 9.78 Å². The number of piperidine rings is 1. The maximum atomic E-state index is 12.9. The molecule has 0 unspecified atom stereocenters.